The standard InChI is InChI=1S/C12H9Cl2NO3S/c13-8-5-6-9(14)12(7-8)19(17,18)15-10-3-1-2-4-11(10)16/h1-7,15-16H. The molecule has 2 aromatic carbocycles. The van der Waals surface area contributed by atoms with E-state index in [0.717, 1.165) is 0 Å². The molecule has 0 aliphatic rings. The molecule has 2 aromatic rings. The summed E-state index contributed by atoms with van der Waals surface area (Å²) < 4.78 is 26.6. The molecule has 100 valence electrons. The number of phenolic OH excluding ortho intramolecular Hbond substituents is 1. The van der Waals surface area contributed by atoms with E-state index in [9.17, 15) is 13.5 Å². The van der Waals surface area contributed by atoms with Crippen molar-refractivity contribution in [2.75, 3.05) is 4.72 Å². The molecule has 4 nitrogen and oxygen atoms in total. The molecule has 0 bridgehead atoms. The first-order valence-electron chi connectivity index (χ1n) is 5.16. The molecule has 0 fully saturated rings. The summed E-state index contributed by atoms with van der Waals surface area (Å²) in [6.45, 7) is 0. The van der Waals surface area contributed by atoms with Gasteiger partial charge in [-0.05, 0) is 30.3 Å². The van der Waals surface area contributed by atoms with E-state index in [0.29, 0.717) is 0 Å². The van der Waals surface area contributed by atoms with Crippen molar-refractivity contribution in [2.45, 2.75) is 4.90 Å². The predicted molar refractivity (Wildman–Crippen MR) is 75.4 cm³/mol. The lowest BCUT2D eigenvalue weighted by atomic mass is 10.3. The highest BCUT2D eigenvalue weighted by molar-refractivity contribution is 7.92. The highest BCUT2D eigenvalue weighted by Crippen LogP contribution is 2.29. The van der Waals surface area contributed by atoms with E-state index in [2.05, 4.69) is 4.72 Å². The first-order chi connectivity index (χ1) is 8.90. The highest BCUT2D eigenvalue weighted by atomic mass is 35.5. The van der Waals surface area contributed by atoms with Crippen molar-refractivity contribution in [2.24, 2.45) is 0 Å². The van der Waals surface area contributed by atoms with Gasteiger partial charge in [-0.25, -0.2) is 8.42 Å². The third-order valence-corrected chi connectivity index (χ3v) is 4.41. The molecule has 0 amide bonds. The number of phenols is 1. The van der Waals surface area contributed by atoms with E-state index in [1.165, 1.54) is 30.3 Å². The van der Waals surface area contributed by atoms with Gasteiger partial charge in [0, 0.05) is 5.02 Å². The van der Waals surface area contributed by atoms with Gasteiger partial charge < -0.3 is 5.11 Å². The van der Waals surface area contributed by atoms with Gasteiger partial charge in [0.05, 0.1) is 10.7 Å². The Morgan fingerprint density at radius 1 is 1.05 bits per heavy atom. The van der Waals surface area contributed by atoms with E-state index < -0.39 is 10.0 Å². The van der Waals surface area contributed by atoms with Gasteiger partial charge in [0.15, 0.2) is 0 Å². The molecule has 0 aliphatic heterocycles. The summed E-state index contributed by atoms with van der Waals surface area (Å²) in [7, 11) is -3.92. The Hall–Kier alpha value is -1.43. The zero-order chi connectivity index (χ0) is 14.0. The molecular formula is C12H9Cl2NO3S. The molecule has 0 spiro atoms. The molecule has 7 heteroatoms. The molecule has 0 saturated carbocycles. The first kappa shape index (κ1) is 14.0. The summed E-state index contributed by atoms with van der Waals surface area (Å²) in [5.41, 5.74) is 0.0681. The van der Waals surface area contributed by atoms with Crippen LogP contribution in [0.5, 0.6) is 5.75 Å². The fourth-order valence-electron chi connectivity index (χ4n) is 1.44. The minimum Gasteiger partial charge on any atom is -0.506 e. The SMILES string of the molecule is O=S(=O)(Nc1ccccc1O)c1cc(Cl)ccc1Cl. The van der Waals surface area contributed by atoms with Crippen LogP contribution in [0.2, 0.25) is 10.0 Å². The molecule has 0 aliphatic carbocycles. The average molecular weight is 318 g/mol. The van der Waals surface area contributed by atoms with Crippen LogP contribution in [0, 0.1) is 0 Å². The minimum absolute atomic E-state index is 0.0484. The molecule has 2 N–H and O–H groups in total. The largest absolute Gasteiger partial charge is 0.506 e. The number of halogens is 2. The van der Waals surface area contributed by atoms with Gasteiger partial charge in [-0.3, -0.25) is 4.72 Å². The first-order valence-corrected chi connectivity index (χ1v) is 7.40. The van der Waals surface area contributed by atoms with Crippen molar-refractivity contribution in [3.63, 3.8) is 0 Å². The van der Waals surface area contributed by atoms with E-state index in [-0.39, 0.29) is 26.4 Å². The van der Waals surface area contributed by atoms with E-state index in [1.807, 2.05) is 0 Å². The average Bonchev–Trinajstić information content (AvgIpc) is 2.35. The molecule has 0 atom stereocenters. The molecule has 2 rings (SSSR count). The number of benzene rings is 2. The number of sulfonamides is 1. The number of aromatic hydroxyl groups is 1. The lowest BCUT2D eigenvalue weighted by Gasteiger charge is -2.10. The Morgan fingerprint density at radius 2 is 1.74 bits per heavy atom. The lowest BCUT2D eigenvalue weighted by molar-refractivity contribution is 0.477. The van der Waals surface area contributed by atoms with Crippen molar-refractivity contribution in [3.05, 3.63) is 52.5 Å². The van der Waals surface area contributed by atoms with Crippen LogP contribution in [0.1, 0.15) is 0 Å². The van der Waals surface area contributed by atoms with E-state index >= 15 is 0 Å². The van der Waals surface area contributed by atoms with Crippen molar-refractivity contribution < 1.29 is 13.5 Å². The maximum absolute atomic E-state index is 12.2. The van der Waals surface area contributed by atoms with E-state index in [1.54, 1.807) is 12.1 Å². The topological polar surface area (TPSA) is 66.4 Å². The van der Waals surface area contributed by atoms with Crippen molar-refractivity contribution in [1.82, 2.24) is 0 Å². The van der Waals surface area contributed by atoms with Crippen LogP contribution in [0.25, 0.3) is 0 Å². The number of para-hydroxylation sites is 2. The Kier molecular flexibility index (Phi) is 3.89. The van der Waals surface area contributed by atoms with Gasteiger partial charge in [0.25, 0.3) is 10.0 Å². The maximum atomic E-state index is 12.2. The number of nitrogens with one attached hydrogen (secondary N) is 1. The predicted octanol–water partition coefficient (Wildman–Crippen LogP) is 3.50. The lowest BCUT2D eigenvalue weighted by Crippen LogP contribution is -2.13. The van der Waals surface area contributed by atoms with Crippen LogP contribution >= 0.6 is 23.2 Å². The van der Waals surface area contributed by atoms with Gasteiger partial charge in [0.2, 0.25) is 0 Å². The maximum Gasteiger partial charge on any atom is 0.263 e. The monoisotopic (exact) mass is 317 g/mol. The van der Waals surface area contributed by atoms with Crippen LogP contribution in [0.3, 0.4) is 0 Å². The van der Waals surface area contributed by atoms with Crippen molar-refractivity contribution in [3.8, 4) is 5.75 Å². The molecule has 0 saturated heterocycles. The Morgan fingerprint density at radius 3 is 2.42 bits per heavy atom. The number of hydrogen-bond donors (Lipinski definition) is 2. The second-order valence-corrected chi connectivity index (χ2v) is 6.19. The fraction of sp³-hybridized carbons (Fsp3) is 0. The zero-order valence-electron chi connectivity index (χ0n) is 9.47. The van der Waals surface area contributed by atoms with Gasteiger partial charge in [0.1, 0.15) is 10.6 Å². The van der Waals surface area contributed by atoms with Crippen LogP contribution in [0.15, 0.2) is 47.4 Å². The fourth-order valence-corrected chi connectivity index (χ4v) is 3.28. The van der Waals surface area contributed by atoms with Crippen LogP contribution < -0.4 is 4.72 Å². The zero-order valence-corrected chi connectivity index (χ0v) is 11.8. The van der Waals surface area contributed by atoms with Crippen LogP contribution in [-0.4, -0.2) is 13.5 Å². The second-order valence-electron chi connectivity index (χ2n) is 3.70. The Balaban J connectivity index is 2.44. The Labute approximate surface area is 120 Å². The molecular weight excluding hydrogens is 309 g/mol. The highest BCUT2D eigenvalue weighted by Gasteiger charge is 2.19. The quantitative estimate of drug-likeness (QED) is 0.851. The third kappa shape index (κ3) is 3.12. The number of anilines is 1. The van der Waals surface area contributed by atoms with Gasteiger partial charge >= 0.3 is 0 Å². The molecule has 0 heterocycles. The van der Waals surface area contributed by atoms with Crippen LogP contribution in [-0.2, 0) is 10.0 Å². The molecule has 0 unspecified atom stereocenters. The summed E-state index contributed by atoms with van der Waals surface area (Å²) in [4.78, 5) is -0.148. The minimum atomic E-state index is -3.92. The van der Waals surface area contributed by atoms with Crippen molar-refractivity contribution >= 4 is 38.9 Å². The summed E-state index contributed by atoms with van der Waals surface area (Å²) in [5.74, 6) is -0.177. The molecule has 19 heavy (non-hydrogen) atoms. The third-order valence-electron chi connectivity index (χ3n) is 2.33. The Bertz CT molecular complexity index is 717. The summed E-state index contributed by atoms with van der Waals surface area (Å²) in [6.07, 6.45) is 0. The number of rotatable bonds is 3. The van der Waals surface area contributed by atoms with E-state index in [4.69, 9.17) is 23.2 Å². The van der Waals surface area contributed by atoms with Crippen molar-refractivity contribution in [1.29, 1.82) is 0 Å². The van der Waals surface area contributed by atoms with Crippen LogP contribution in [0.4, 0.5) is 5.69 Å². The molecule has 0 radical (unpaired) electrons. The number of hydrogen-bond acceptors (Lipinski definition) is 3. The smallest absolute Gasteiger partial charge is 0.263 e. The summed E-state index contributed by atoms with van der Waals surface area (Å²) in [6, 6.07) is 10.1. The molecule has 0 aromatic heterocycles. The van der Waals surface area contributed by atoms with Gasteiger partial charge in [-0.2, -0.15) is 0 Å². The summed E-state index contributed by atoms with van der Waals surface area (Å²) >= 11 is 11.6. The van der Waals surface area contributed by atoms with Gasteiger partial charge in [-0.1, -0.05) is 35.3 Å². The summed E-state index contributed by atoms with van der Waals surface area (Å²) in [5, 5.41) is 9.86. The normalized spacial score (nSPS) is 11.3. The van der Waals surface area contributed by atoms with Gasteiger partial charge in [-0.15, -0.1) is 0 Å². The second kappa shape index (κ2) is 5.28.